The Morgan fingerprint density at radius 3 is 2.48 bits per heavy atom. The lowest BCUT2D eigenvalue weighted by molar-refractivity contribution is -0.141. The van der Waals surface area contributed by atoms with Crippen molar-refractivity contribution in [2.24, 2.45) is 5.92 Å². The maximum atomic E-state index is 11.9. The van der Waals surface area contributed by atoms with E-state index in [1.54, 1.807) is 4.90 Å². The van der Waals surface area contributed by atoms with Crippen LogP contribution in [0.1, 0.15) is 12.8 Å². The third-order valence-corrected chi connectivity index (χ3v) is 3.80. The number of rotatable bonds is 4. The Balaban J connectivity index is 1.65. The molecule has 0 saturated carbocycles. The summed E-state index contributed by atoms with van der Waals surface area (Å²) >= 11 is 0. The van der Waals surface area contributed by atoms with Gasteiger partial charge in [-0.1, -0.05) is 0 Å². The number of hydrogen-bond acceptors (Lipinski definition) is 4. The molecule has 0 radical (unpaired) electrons. The molecule has 21 heavy (non-hydrogen) atoms. The van der Waals surface area contributed by atoms with Crippen LogP contribution >= 0.6 is 0 Å². The standard InChI is InChI=1S/C13H21N3O5/c17-11(15-5-7-21-8-6-15)1-3-14-13(20)16-4-2-10(9-16)12(18)19/h10H,1-9H2,(H,14,20)(H,18,19). The molecule has 2 rings (SSSR count). The number of nitrogens with one attached hydrogen (secondary N) is 1. The Labute approximate surface area is 123 Å². The van der Waals surface area contributed by atoms with Crippen molar-refractivity contribution in [3.63, 3.8) is 0 Å². The fraction of sp³-hybridized carbons (Fsp3) is 0.769. The maximum absolute atomic E-state index is 11.9. The molecule has 8 heteroatoms. The van der Waals surface area contributed by atoms with Crippen molar-refractivity contribution in [1.82, 2.24) is 15.1 Å². The summed E-state index contributed by atoms with van der Waals surface area (Å²) in [7, 11) is 0. The Hall–Kier alpha value is -1.83. The van der Waals surface area contributed by atoms with Crippen LogP contribution < -0.4 is 5.32 Å². The van der Waals surface area contributed by atoms with Crippen LogP contribution in [0.4, 0.5) is 4.79 Å². The average molecular weight is 299 g/mol. The van der Waals surface area contributed by atoms with Crippen molar-refractivity contribution in [2.75, 3.05) is 45.9 Å². The third-order valence-electron chi connectivity index (χ3n) is 3.80. The molecule has 8 nitrogen and oxygen atoms in total. The van der Waals surface area contributed by atoms with Crippen LogP contribution in [0.3, 0.4) is 0 Å². The Bertz CT molecular complexity index is 409. The molecule has 2 N–H and O–H groups in total. The minimum Gasteiger partial charge on any atom is -0.481 e. The van der Waals surface area contributed by atoms with Gasteiger partial charge in [0, 0.05) is 39.1 Å². The molecule has 0 aromatic carbocycles. The second-order valence-corrected chi connectivity index (χ2v) is 5.24. The van der Waals surface area contributed by atoms with E-state index in [1.165, 1.54) is 4.90 Å². The summed E-state index contributed by atoms with van der Waals surface area (Å²) in [4.78, 5) is 37.8. The van der Waals surface area contributed by atoms with Crippen LogP contribution in [-0.2, 0) is 14.3 Å². The highest BCUT2D eigenvalue weighted by molar-refractivity contribution is 5.79. The molecule has 0 aliphatic carbocycles. The molecular weight excluding hydrogens is 278 g/mol. The van der Waals surface area contributed by atoms with Gasteiger partial charge in [0.2, 0.25) is 5.91 Å². The molecule has 2 fully saturated rings. The third kappa shape index (κ3) is 4.32. The van der Waals surface area contributed by atoms with Crippen LogP contribution in [0.15, 0.2) is 0 Å². The van der Waals surface area contributed by atoms with Crippen molar-refractivity contribution in [3.05, 3.63) is 0 Å². The van der Waals surface area contributed by atoms with E-state index in [1.807, 2.05) is 0 Å². The first-order valence-electron chi connectivity index (χ1n) is 7.19. The Kier molecular flexibility index (Phi) is 5.38. The van der Waals surface area contributed by atoms with Gasteiger partial charge in [0.15, 0.2) is 0 Å². The predicted molar refractivity (Wildman–Crippen MR) is 72.7 cm³/mol. The molecule has 0 aromatic heterocycles. The molecule has 2 heterocycles. The minimum atomic E-state index is -0.868. The topological polar surface area (TPSA) is 99.2 Å². The molecule has 2 saturated heterocycles. The molecule has 2 aliphatic rings. The fourth-order valence-electron chi connectivity index (χ4n) is 2.51. The molecule has 0 aromatic rings. The van der Waals surface area contributed by atoms with E-state index in [0.717, 1.165) is 0 Å². The number of likely N-dealkylation sites (tertiary alicyclic amines) is 1. The number of nitrogens with zero attached hydrogens (tertiary/aromatic N) is 2. The SMILES string of the molecule is O=C(O)C1CCN(C(=O)NCCC(=O)N2CCOCC2)C1. The number of carbonyl (C=O) groups is 3. The molecule has 2 aliphatic heterocycles. The quantitative estimate of drug-likeness (QED) is 0.719. The molecule has 0 spiro atoms. The molecule has 118 valence electrons. The summed E-state index contributed by atoms with van der Waals surface area (Å²) in [5, 5.41) is 11.6. The smallest absolute Gasteiger partial charge is 0.317 e. The van der Waals surface area contributed by atoms with E-state index in [-0.39, 0.29) is 31.4 Å². The van der Waals surface area contributed by atoms with Gasteiger partial charge in [-0.05, 0) is 6.42 Å². The highest BCUT2D eigenvalue weighted by Crippen LogP contribution is 2.16. The maximum Gasteiger partial charge on any atom is 0.317 e. The zero-order chi connectivity index (χ0) is 15.2. The second kappa shape index (κ2) is 7.26. The first-order chi connectivity index (χ1) is 10.1. The van der Waals surface area contributed by atoms with Crippen LogP contribution in [0.25, 0.3) is 0 Å². The summed E-state index contributed by atoms with van der Waals surface area (Å²) in [5.41, 5.74) is 0. The summed E-state index contributed by atoms with van der Waals surface area (Å²) < 4.78 is 5.17. The average Bonchev–Trinajstić information content (AvgIpc) is 2.98. The van der Waals surface area contributed by atoms with E-state index >= 15 is 0 Å². The minimum absolute atomic E-state index is 0.00318. The number of morpholine rings is 1. The van der Waals surface area contributed by atoms with Crippen LogP contribution in [0.5, 0.6) is 0 Å². The first-order valence-corrected chi connectivity index (χ1v) is 7.19. The van der Waals surface area contributed by atoms with Gasteiger partial charge in [0.05, 0.1) is 19.1 Å². The lowest BCUT2D eigenvalue weighted by Gasteiger charge is -2.27. The molecule has 1 atom stereocenters. The number of carbonyl (C=O) groups excluding carboxylic acids is 2. The van der Waals surface area contributed by atoms with E-state index in [0.29, 0.717) is 39.3 Å². The Morgan fingerprint density at radius 1 is 1.14 bits per heavy atom. The highest BCUT2D eigenvalue weighted by Gasteiger charge is 2.30. The summed E-state index contributed by atoms with van der Waals surface area (Å²) in [6, 6.07) is -0.298. The summed E-state index contributed by atoms with van der Waals surface area (Å²) in [5.74, 6) is -1.35. The first kappa shape index (κ1) is 15.6. The number of amides is 3. The fourth-order valence-corrected chi connectivity index (χ4v) is 2.51. The van der Waals surface area contributed by atoms with E-state index < -0.39 is 11.9 Å². The lowest BCUT2D eigenvalue weighted by atomic mass is 10.1. The summed E-state index contributed by atoms with van der Waals surface area (Å²) in [6.45, 7) is 3.26. The number of hydrogen-bond donors (Lipinski definition) is 2. The van der Waals surface area contributed by atoms with E-state index in [9.17, 15) is 14.4 Å². The van der Waals surface area contributed by atoms with Gasteiger partial charge >= 0.3 is 12.0 Å². The molecule has 3 amide bonds. The van der Waals surface area contributed by atoms with Crippen molar-refractivity contribution in [1.29, 1.82) is 0 Å². The number of aliphatic carboxylic acids is 1. The van der Waals surface area contributed by atoms with Crippen molar-refractivity contribution >= 4 is 17.9 Å². The van der Waals surface area contributed by atoms with Gasteiger partial charge in [-0.25, -0.2) is 4.79 Å². The largest absolute Gasteiger partial charge is 0.481 e. The van der Waals surface area contributed by atoms with Crippen molar-refractivity contribution < 1.29 is 24.2 Å². The monoisotopic (exact) mass is 299 g/mol. The number of urea groups is 1. The van der Waals surface area contributed by atoms with Gasteiger partial charge < -0.3 is 25.0 Å². The second-order valence-electron chi connectivity index (χ2n) is 5.24. The van der Waals surface area contributed by atoms with Crippen molar-refractivity contribution in [2.45, 2.75) is 12.8 Å². The predicted octanol–water partition coefficient (Wildman–Crippen LogP) is -0.649. The van der Waals surface area contributed by atoms with Gasteiger partial charge in [0.1, 0.15) is 0 Å². The zero-order valence-electron chi connectivity index (χ0n) is 11.9. The molecule has 0 bridgehead atoms. The van der Waals surface area contributed by atoms with Crippen LogP contribution in [0, 0.1) is 5.92 Å². The number of carboxylic acids is 1. The highest BCUT2D eigenvalue weighted by atomic mass is 16.5. The summed E-state index contributed by atoms with van der Waals surface area (Å²) in [6.07, 6.45) is 0.734. The van der Waals surface area contributed by atoms with Gasteiger partial charge in [0.25, 0.3) is 0 Å². The van der Waals surface area contributed by atoms with Gasteiger partial charge in [-0.3, -0.25) is 9.59 Å². The van der Waals surface area contributed by atoms with E-state index in [4.69, 9.17) is 9.84 Å². The molecular formula is C13H21N3O5. The lowest BCUT2D eigenvalue weighted by Crippen LogP contribution is -2.43. The number of carboxylic acid groups (broad SMARTS) is 1. The van der Waals surface area contributed by atoms with E-state index in [2.05, 4.69) is 5.32 Å². The van der Waals surface area contributed by atoms with Gasteiger partial charge in [-0.15, -0.1) is 0 Å². The van der Waals surface area contributed by atoms with Gasteiger partial charge in [-0.2, -0.15) is 0 Å². The van der Waals surface area contributed by atoms with Crippen molar-refractivity contribution in [3.8, 4) is 0 Å². The number of ether oxygens (including phenoxy) is 1. The van der Waals surface area contributed by atoms with Crippen LogP contribution in [0.2, 0.25) is 0 Å². The Morgan fingerprint density at radius 2 is 1.86 bits per heavy atom. The zero-order valence-corrected chi connectivity index (χ0v) is 11.9. The molecule has 1 unspecified atom stereocenters. The normalized spacial score (nSPS) is 22.2. The van der Waals surface area contributed by atoms with Crippen LogP contribution in [-0.4, -0.2) is 78.8 Å².